The standard InChI is InChI=1S/C11H21N3O4/c1-4-8(3)14(7-10(16)17)6-9(15)13-11(18)12-5-2/h8H,4-7H2,1-3H3,(H,16,17)(H2,12,13,15,18). The summed E-state index contributed by atoms with van der Waals surface area (Å²) in [6.45, 7) is 5.56. The predicted octanol–water partition coefficient (Wildman–Crippen LogP) is 0.0172. The molecule has 1 atom stereocenters. The van der Waals surface area contributed by atoms with Gasteiger partial charge in [0.15, 0.2) is 0 Å². The van der Waals surface area contributed by atoms with Gasteiger partial charge in [0, 0.05) is 12.6 Å². The number of carboxylic acid groups (broad SMARTS) is 1. The summed E-state index contributed by atoms with van der Waals surface area (Å²) in [6.07, 6.45) is 0.724. The van der Waals surface area contributed by atoms with Crippen LogP contribution in [0.15, 0.2) is 0 Å². The molecule has 0 fully saturated rings. The van der Waals surface area contributed by atoms with E-state index in [2.05, 4.69) is 10.6 Å². The first-order chi connectivity index (χ1) is 8.40. The van der Waals surface area contributed by atoms with E-state index < -0.39 is 17.9 Å². The average molecular weight is 259 g/mol. The summed E-state index contributed by atoms with van der Waals surface area (Å²) in [4.78, 5) is 34.8. The quantitative estimate of drug-likeness (QED) is 0.598. The van der Waals surface area contributed by atoms with Crippen LogP contribution in [0.5, 0.6) is 0 Å². The molecule has 0 aromatic heterocycles. The number of nitrogens with zero attached hydrogens (tertiary/aromatic N) is 1. The van der Waals surface area contributed by atoms with Crippen LogP contribution in [-0.4, -0.2) is 53.6 Å². The van der Waals surface area contributed by atoms with Crippen LogP contribution in [0, 0.1) is 0 Å². The molecule has 0 saturated heterocycles. The van der Waals surface area contributed by atoms with Crippen LogP contribution in [-0.2, 0) is 9.59 Å². The van der Waals surface area contributed by atoms with Gasteiger partial charge in [0.25, 0.3) is 0 Å². The van der Waals surface area contributed by atoms with Crippen molar-refractivity contribution in [3.8, 4) is 0 Å². The highest BCUT2D eigenvalue weighted by atomic mass is 16.4. The fraction of sp³-hybridized carbons (Fsp3) is 0.727. The molecule has 0 radical (unpaired) electrons. The van der Waals surface area contributed by atoms with Crippen LogP contribution < -0.4 is 10.6 Å². The van der Waals surface area contributed by atoms with Gasteiger partial charge < -0.3 is 10.4 Å². The molecular formula is C11H21N3O4. The number of urea groups is 1. The minimum Gasteiger partial charge on any atom is -0.480 e. The van der Waals surface area contributed by atoms with E-state index >= 15 is 0 Å². The van der Waals surface area contributed by atoms with Gasteiger partial charge in [-0.3, -0.25) is 19.8 Å². The number of hydrogen-bond acceptors (Lipinski definition) is 4. The fourth-order valence-corrected chi connectivity index (χ4v) is 1.35. The Kier molecular flexibility index (Phi) is 7.69. The maximum atomic E-state index is 11.5. The minimum absolute atomic E-state index is 0.0407. The highest BCUT2D eigenvalue weighted by molar-refractivity contribution is 5.95. The zero-order valence-electron chi connectivity index (χ0n) is 11.0. The van der Waals surface area contributed by atoms with Crippen molar-refractivity contribution in [2.45, 2.75) is 33.2 Å². The van der Waals surface area contributed by atoms with Crippen LogP contribution in [0.2, 0.25) is 0 Å². The van der Waals surface area contributed by atoms with Crippen LogP contribution >= 0.6 is 0 Å². The lowest BCUT2D eigenvalue weighted by Gasteiger charge is -2.25. The Morgan fingerprint density at radius 3 is 2.28 bits per heavy atom. The third kappa shape index (κ3) is 6.85. The maximum Gasteiger partial charge on any atom is 0.321 e. The number of nitrogens with one attached hydrogen (secondary N) is 2. The molecule has 0 saturated carbocycles. The molecule has 3 N–H and O–H groups in total. The van der Waals surface area contributed by atoms with E-state index in [1.165, 1.54) is 4.90 Å². The zero-order chi connectivity index (χ0) is 14.1. The second-order valence-electron chi connectivity index (χ2n) is 3.96. The van der Waals surface area contributed by atoms with E-state index in [1.807, 2.05) is 13.8 Å². The average Bonchev–Trinajstić information content (AvgIpc) is 2.26. The lowest BCUT2D eigenvalue weighted by molar-refractivity contribution is -0.139. The maximum absolute atomic E-state index is 11.5. The van der Waals surface area contributed by atoms with Gasteiger partial charge in [-0.15, -0.1) is 0 Å². The number of hydrogen-bond donors (Lipinski definition) is 3. The molecule has 0 aliphatic heterocycles. The van der Waals surface area contributed by atoms with E-state index in [4.69, 9.17) is 5.11 Å². The molecule has 18 heavy (non-hydrogen) atoms. The molecule has 0 bridgehead atoms. The summed E-state index contributed by atoms with van der Waals surface area (Å²) >= 11 is 0. The van der Waals surface area contributed by atoms with Gasteiger partial charge in [-0.1, -0.05) is 6.92 Å². The first-order valence-corrected chi connectivity index (χ1v) is 5.94. The summed E-state index contributed by atoms with van der Waals surface area (Å²) in [6, 6.07) is -0.608. The van der Waals surface area contributed by atoms with Crippen molar-refractivity contribution in [2.75, 3.05) is 19.6 Å². The van der Waals surface area contributed by atoms with E-state index in [1.54, 1.807) is 6.92 Å². The summed E-state index contributed by atoms with van der Waals surface area (Å²) in [7, 11) is 0. The molecular weight excluding hydrogens is 238 g/mol. The lowest BCUT2D eigenvalue weighted by Crippen LogP contribution is -2.47. The van der Waals surface area contributed by atoms with Crippen molar-refractivity contribution in [3.63, 3.8) is 0 Å². The second-order valence-corrected chi connectivity index (χ2v) is 3.96. The number of carbonyl (C=O) groups is 3. The van der Waals surface area contributed by atoms with E-state index in [-0.39, 0.29) is 19.1 Å². The first-order valence-electron chi connectivity index (χ1n) is 5.94. The van der Waals surface area contributed by atoms with Gasteiger partial charge in [0.05, 0.1) is 13.1 Å². The summed E-state index contributed by atoms with van der Waals surface area (Å²) < 4.78 is 0. The second kappa shape index (κ2) is 8.46. The topological polar surface area (TPSA) is 98.7 Å². The number of imide groups is 1. The third-order valence-corrected chi connectivity index (χ3v) is 2.49. The first kappa shape index (κ1) is 16.4. The highest BCUT2D eigenvalue weighted by Crippen LogP contribution is 2.02. The molecule has 104 valence electrons. The van der Waals surface area contributed by atoms with Crippen molar-refractivity contribution in [2.24, 2.45) is 0 Å². The van der Waals surface area contributed by atoms with Crippen molar-refractivity contribution in [1.82, 2.24) is 15.5 Å². The molecule has 0 aromatic carbocycles. The number of rotatable bonds is 7. The van der Waals surface area contributed by atoms with Crippen molar-refractivity contribution in [1.29, 1.82) is 0 Å². The Labute approximate surface area is 107 Å². The summed E-state index contributed by atoms with van der Waals surface area (Å²) in [5.41, 5.74) is 0. The Hall–Kier alpha value is -1.63. The molecule has 0 heterocycles. The van der Waals surface area contributed by atoms with E-state index in [0.717, 1.165) is 6.42 Å². The SMILES string of the molecule is CCNC(=O)NC(=O)CN(CC(=O)O)C(C)CC. The number of carbonyl (C=O) groups excluding carboxylic acids is 2. The summed E-state index contributed by atoms with van der Waals surface area (Å²) in [5, 5.41) is 13.3. The Balaban J connectivity index is 4.34. The van der Waals surface area contributed by atoms with E-state index in [0.29, 0.717) is 6.54 Å². The third-order valence-electron chi connectivity index (χ3n) is 2.49. The van der Waals surface area contributed by atoms with Crippen LogP contribution in [0.4, 0.5) is 4.79 Å². The van der Waals surface area contributed by atoms with Gasteiger partial charge >= 0.3 is 12.0 Å². The monoisotopic (exact) mass is 259 g/mol. The lowest BCUT2D eigenvalue weighted by atomic mass is 10.2. The van der Waals surface area contributed by atoms with Gasteiger partial charge in [-0.05, 0) is 20.3 Å². The molecule has 1 unspecified atom stereocenters. The normalized spacial score (nSPS) is 12.0. The summed E-state index contributed by atoms with van der Waals surface area (Å²) in [5.74, 6) is -1.51. The fourth-order valence-electron chi connectivity index (χ4n) is 1.35. The van der Waals surface area contributed by atoms with Gasteiger partial charge in [0.2, 0.25) is 5.91 Å². The van der Waals surface area contributed by atoms with Crippen LogP contribution in [0.1, 0.15) is 27.2 Å². The highest BCUT2D eigenvalue weighted by Gasteiger charge is 2.19. The van der Waals surface area contributed by atoms with Gasteiger partial charge in [0.1, 0.15) is 0 Å². The number of amides is 3. The van der Waals surface area contributed by atoms with Crippen molar-refractivity contribution >= 4 is 17.9 Å². The molecule has 0 spiro atoms. The van der Waals surface area contributed by atoms with E-state index in [9.17, 15) is 14.4 Å². The smallest absolute Gasteiger partial charge is 0.321 e. The number of carboxylic acids is 1. The number of aliphatic carboxylic acids is 1. The molecule has 0 aliphatic rings. The van der Waals surface area contributed by atoms with Gasteiger partial charge in [-0.25, -0.2) is 4.79 Å². The van der Waals surface area contributed by atoms with Crippen molar-refractivity contribution in [3.05, 3.63) is 0 Å². The Morgan fingerprint density at radius 1 is 1.22 bits per heavy atom. The predicted molar refractivity (Wildman–Crippen MR) is 66.2 cm³/mol. The molecule has 0 aromatic rings. The molecule has 3 amide bonds. The molecule has 0 rings (SSSR count). The van der Waals surface area contributed by atoms with Crippen molar-refractivity contribution < 1.29 is 19.5 Å². The van der Waals surface area contributed by atoms with Crippen LogP contribution in [0.25, 0.3) is 0 Å². The van der Waals surface area contributed by atoms with Gasteiger partial charge in [-0.2, -0.15) is 0 Å². The molecule has 7 heteroatoms. The minimum atomic E-state index is -0.999. The Bertz CT molecular complexity index is 307. The Morgan fingerprint density at radius 2 is 1.83 bits per heavy atom. The largest absolute Gasteiger partial charge is 0.480 e. The molecule has 7 nitrogen and oxygen atoms in total. The molecule has 0 aliphatic carbocycles. The zero-order valence-corrected chi connectivity index (χ0v) is 11.0. The van der Waals surface area contributed by atoms with Crippen LogP contribution in [0.3, 0.4) is 0 Å².